The first-order chi connectivity index (χ1) is 32.5. The third kappa shape index (κ3) is 7.05. The van der Waals surface area contributed by atoms with Crippen molar-refractivity contribution < 1.29 is 23.0 Å². The normalized spacial score (nSPS) is 20.0. The molecule has 1 saturated heterocycles. The third-order valence-electron chi connectivity index (χ3n) is 15.3. The first-order valence-corrected chi connectivity index (χ1v) is 25.9. The van der Waals surface area contributed by atoms with Gasteiger partial charge in [0.15, 0.2) is 5.82 Å². The predicted molar refractivity (Wildman–Crippen MR) is 261 cm³/mol. The van der Waals surface area contributed by atoms with Gasteiger partial charge in [-0.15, -0.1) is 0 Å². The van der Waals surface area contributed by atoms with Gasteiger partial charge >= 0.3 is 11.4 Å². The van der Waals surface area contributed by atoms with Gasteiger partial charge < -0.3 is 18.8 Å². The average molecular weight is 943 g/mol. The molecule has 2 aliphatic heterocycles. The third-order valence-corrected chi connectivity index (χ3v) is 19.5. The Morgan fingerprint density at radius 3 is 2.26 bits per heavy atom. The van der Waals surface area contributed by atoms with Crippen molar-refractivity contribution in [2.45, 2.75) is 123 Å². The Labute approximate surface area is 394 Å². The van der Waals surface area contributed by atoms with E-state index >= 15 is 9.18 Å². The number of H-pyrrole nitrogens is 1. The largest absolute Gasteiger partial charge is 0.438 e. The smallest absolute Gasteiger partial charge is 0.381 e. The highest BCUT2D eigenvalue weighted by Gasteiger charge is 2.59. The number of aromatic nitrogens is 7. The Kier molecular flexibility index (Phi) is 11.3. The highest BCUT2D eigenvalue weighted by atomic mass is 31.2. The lowest BCUT2D eigenvalue weighted by atomic mass is 9.91. The number of fused-ring (bicyclic) bond motifs is 2. The molecule has 16 heteroatoms. The molecule has 4 aromatic heterocycles. The Morgan fingerprint density at radius 2 is 1.63 bits per heavy atom. The summed E-state index contributed by atoms with van der Waals surface area (Å²) in [5.74, 6) is -0.0220. The fourth-order valence-electron chi connectivity index (χ4n) is 11.4. The maximum Gasteiger partial charge on any atom is 0.438 e. The molecule has 3 aromatic carbocycles. The van der Waals surface area contributed by atoms with Crippen LogP contribution in [-0.4, -0.2) is 75.5 Å². The number of halogens is 1. The van der Waals surface area contributed by atoms with Gasteiger partial charge in [-0.2, -0.15) is 5.10 Å². The summed E-state index contributed by atoms with van der Waals surface area (Å²) in [6.45, 7) is 19.3. The summed E-state index contributed by atoms with van der Waals surface area (Å²) in [6, 6.07) is 17.0. The number of benzene rings is 3. The zero-order valence-corrected chi connectivity index (χ0v) is 41.2. The van der Waals surface area contributed by atoms with Crippen molar-refractivity contribution in [2.75, 3.05) is 19.8 Å². The molecule has 1 amide bonds. The summed E-state index contributed by atoms with van der Waals surface area (Å²) >= 11 is 0. The molecule has 1 saturated carbocycles. The second-order valence-corrected chi connectivity index (χ2v) is 23.8. The maximum atomic E-state index is 15.6. The molecular formula is C52H60FN8O6P. The Bertz CT molecular complexity index is 3270. The van der Waals surface area contributed by atoms with Gasteiger partial charge in [-0.05, 0) is 129 Å². The van der Waals surface area contributed by atoms with Gasteiger partial charge in [0.25, 0.3) is 5.91 Å². The molecule has 3 aliphatic rings. The lowest BCUT2D eigenvalue weighted by Crippen LogP contribution is -2.41. The number of carbonyl (C=O) groups excluding carboxylic acids is 1. The highest BCUT2D eigenvalue weighted by molar-refractivity contribution is 7.72. The van der Waals surface area contributed by atoms with Crippen LogP contribution in [0.2, 0.25) is 0 Å². The minimum atomic E-state index is -2.77. The molecule has 0 unspecified atom stereocenters. The standard InChI is InChI=1S/C52H60FN8O6P/c1-10-35-26-39(12-14-44(35)68(65,29(2)3)30(4)5)58-19-20-59(51(58)64)47-45-34(9)57(18-15-41(45)55-61(47)40-23-31(6)46(53)32(7)24-40)48(62)43-27-38-25-37(36-16-21-66-22-17-36)11-13-42(38)60(43)52(28-33(52)8)49-54-50(63)67-56-49/h11-14,19-20,23-27,29-30,33-34,36H,10,15-18,21-22,28H2,1-9H3,(H,54,56,63)/t33-,34-,52-/m0/s1. The van der Waals surface area contributed by atoms with Crippen LogP contribution in [0, 0.1) is 25.6 Å². The topological polar surface area (TPSA) is 155 Å². The van der Waals surface area contributed by atoms with Crippen molar-refractivity contribution in [3.8, 4) is 17.2 Å². The van der Waals surface area contributed by atoms with Crippen LogP contribution in [0.4, 0.5) is 4.39 Å². The van der Waals surface area contributed by atoms with Gasteiger partial charge in [-0.3, -0.25) is 23.4 Å². The van der Waals surface area contributed by atoms with Gasteiger partial charge in [0.2, 0.25) is 0 Å². The number of hydrogen-bond donors (Lipinski definition) is 1. The second-order valence-electron chi connectivity index (χ2n) is 19.8. The number of hydrogen-bond acceptors (Lipinski definition) is 8. The molecule has 1 aliphatic carbocycles. The quantitative estimate of drug-likeness (QED) is 0.126. The number of nitrogens with one attached hydrogen (secondary N) is 1. The van der Waals surface area contributed by atoms with Crippen molar-refractivity contribution in [1.29, 1.82) is 0 Å². The number of amides is 1. The predicted octanol–water partition coefficient (Wildman–Crippen LogP) is 9.01. The number of imidazole rings is 1. The van der Waals surface area contributed by atoms with Crippen LogP contribution >= 0.6 is 7.14 Å². The van der Waals surface area contributed by atoms with Gasteiger partial charge in [-0.1, -0.05) is 52.8 Å². The first kappa shape index (κ1) is 45.7. The van der Waals surface area contributed by atoms with Gasteiger partial charge in [0.05, 0.1) is 23.1 Å². The summed E-state index contributed by atoms with van der Waals surface area (Å²) in [4.78, 5) is 47.7. The monoisotopic (exact) mass is 942 g/mol. The molecule has 0 spiro atoms. The van der Waals surface area contributed by atoms with Crippen LogP contribution in [0.15, 0.2) is 81.1 Å². The first-order valence-electron chi connectivity index (χ1n) is 24.0. The molecule has 6 heterocycles. The second kappa shape index (κ2) is 16.9. The zero-order valence-electron chi connectivity index (χ0n) is 40.3. The molecule has 7 aromatic rings. The van der Waals surface area contributed by atoms with Crippen LogP contribution in [0.3, 0.4) is 0 Å². The summed E-state index contributed by atoms with van der Waals surface area (Å²) in [5.41, 5.74) is 5.65. The Balaban J connectivity index is 1.11. The number of rotatable bonds is 11. The van der Waals surface area contributed by atoms with Crippen molar-refractivity contribution in [3.63, 3.8) is 0 Å². The highest BCUT2D eigenvalue weighted by Crippen LogP contribution is 2.57. The van der Waals surface area contributed by atoms with Crippen LogP contribution in [0.5, 0.6) is 0 Å². The fraction of sp³-hybridized carbons (Fsp3) is 0.442. The van der Waals surface area contributed by atoms with E-state index in [0.29, 0.717) is 90.3 Å². The van der Waals surface area contributed by atoms with E-state index < -0.39 is 24.5 Å². The minimum Gasteiger partial charge on any atom is -0.381 e. The van der Waals surface area contributed by atoms with E-state index in [2.05, 4.69) is 39.8 Å². The number of carbonyl (C=O) groups is 1. The van der Waals surface area contributed by atoms with Gasteiger partial charge in [-0.25, -0.2) is 18.7 Å². The lowest BCUT2D eigenvalue weighted by molar-refractivity contribution is 0.0663. The maximum absolute atomic E-state index is 15.6. The van der Waals surface area contributed by atoms with Crippen molar-refractivity contribution in [3.05, 3.63) is 139 Å². The minimum absolute atomic E-state index is 0.0221. The Hall–Kier alpha value is -6.05. The van der Waals surface area contributed by atoms with Crippen LogP contribution in [-0.2, 0) is 27.7 Å². The number of nitrogens with zero attached hydrogens (tertiary/aromatic N) is 7. The van der Waals surface area contributed by atoms with Crippen LogP contribution < -0.4 is 16.8 Å². The van der Waals surface area contributed by atoms with Crippen LogP contribution in [0.25, 0.3) is 28.1 Å². The van der Waals surface area contributed by atoms with E-state index in [4.69, 9.17) is 14.4 Å². The van der Waals surface area contributed by atoms with Gasteiger partial charge in [0, 0.05) is 71.7 Å². The molecule has 68 heavy (non-hydrogen) atoms. The molecular weight excluding hydrogens is 883 g/mol. The van der Waals surface area contributed by atoms with E-state index in [1.807, 2.05) is 70.7 Å². The number of aryl methyl sites for hydroxylation is 3. The van der Waals surface area contributed by atoms with Crippen molar-refractivity contribution >= 4 is 29.3 Å². The zero-order chi connectivity index (χ0) is 48.1. The Morgan fingerprint density at radius 1 is 0.941 bits per heavy atom. The summed E-state index contributed by atoms with van der Waals surface area (Å²) < 4.78 is 47.4. The van der Waals surface area contributed by atoms with Crippen molar-refractivity contribution in [1.82, 2.24) is 38.5 Å². The number of ether oxygens (including phenoxy) is 1. The van der Waals surface area contributed by atoms with E-state index in [9.17, 15) is 14.2 Å². The van der Waals surface area contributed by atoms with Crippen molar-refractivity contribution in [2.24, 2.45) is 5.92 Å². The summed E-state index contributed by atoms with van der Waals surface area (Å²) in [7, 11) is -2.77. The molecule has 0 radical (unpaired) electrons. The van der Waals surface area contributed by atoms with Crippen LogP contribution in [0.1, 0.15) is 130 Å². The van der Waals surface area contributed by atoms with E-state index in [-0.39, 0.29) is 34.7 Å². The fourth-order valence-corrected chi connectivity index (χ4v) is 14.7. The number of aromatic amines is 1. The SMILES string of the molecule is CCc1cc(-n2ccn(-c3c4c(nn3-c3cc(C)c(F)c(C)c3)CCN(C(=O)c3cc5cc(C6CCOCC6)ccc5n3[C@@]3(c5noc(=O)[nH]5)C[C@@H]3C)[C@H]4C)c2=O)ccc1P(=O)(C(C)C)C(C)C. The molecule has 14 nitrogen and oxygen atoms in total. The molecule has 356 valence electrons. The average Bonchev–Trinajstić information content (AvgIpc) is 3.82. The molecule has 0 bridgehead atoms. The molecule has 10 rings (SSSR count). The molecule has 1 N–H and O–H groups in total. The summed E-state index contributed by atoms with van der Waals surface area (Å²) in [5, 5.41) is 11.1. The van der Waals surface area contributed by atoms with E-state index in [0.717, 1.165) is 40.3 Å². The lowest BCUT2D eigenvalue weighted by Gasteiger charge is -2.34. The van der Waals surface area contributed by atoms with Gasteiger partial charge in [0.1, 0.15) is 30.0 Å². The molecule has 2 fully saturated rings. The van der Waals surface area contributed by atoms with E-state index in [1.165, 1.54) is 5.56 Å². The molecule has 3 atom stereocenters. The summed E-state index contributed by atoms with van der Waals surface area (Å²) in [6.07, 6.45) is 6.92. The van der Waals surface area contributed by atoms with E-state index in [1.54, 1.807) is 52.2 Å².